The minimum Gasteiger partial charge on any atom is -0.487 e. The van der Waals surface area contributed by atoms with Crippen LogP contribution in [0.3, 0.4) is 0 Å². The van der Waals surface area contributed by atoms with Crippen molar-refractivity contribution in [3.8, 4) is 5.75 Å². The van der Waals surface area contributed by atoms with Crippen molar-refractivity contribution >= 4 is 21.8 Å². The smallest absolute Gasteiger partial charge is 0.179 e. The van der Waals surface area contributed by atoms with Gasteiger partial charge in [-0.1, -0.05) is 6.42 Å². The van der Waals surface area contributed by atoms with E-state index in [9.17, 15) is 4.39 Å². The van der Waals surface area contributed by atoms with Gasteiger partial charge < -0.3 is 10.5 Å². The third-order valence-corrected chi connectivity index (χ3v) is 3.96. The minimum absolute atomic E-state index is 0.100. The summed E-state index contributed by atoms with van der Waals surface area (Å²) in [6, 6.07) is 3.15. The van der Waals surface area contributed by atoms with E-state index in [2.05, 4.69) is 15.9 Å². The van der Waals surface area contributed by atoms with Crippen LogP contribution in [0.5, 0.6) is 5.75 Å². The molecule has 0 bridgehead atoms. The van der Waals surface area contributed by atoms with Gasteiger partial charge in [0, 0.05) is 5.56 Å². The van der Waals surface area contributed by atoms with Crippen LogP contribution in [0.25, 0.3) is 0 Å². The maximum Gasteiger partial charge on any atom is 0.179 e. The van der Waals surface area contributed by atoms with Crippen LogP contribution in [0.4, 0.5) is 4.39 Å². The van der Waals surface area contributed by atoms with Crippen molar-refractivity contribution in [3.05, 3.63) is 28.0 Å². The molecule has 1 aliphatic carbocycles. The van der Waals surface area contributed by atoms with Crippen molar-refractivity contribution in [3.63, 3.8) is 0 Å². The number of nitrogens with one attached hydrogen (secondary N) is 1. The Morgan fingerprint density at radius 3 is 2.61 bits per heavy atom. The molecule has 0 amide bonds. The van der Waals surface area contributed by atoms with Gasteiger partial charge in [0.15, 0.2) is 11.6 Å². The number of hydrogen-bond donors (Lipinski definition) is 2. The van der Waals surface area contributed by atoms with E-state index in [0.717, 1.165) is 25.7 Å². The zero-order valence-electron chi connectivity index (χ0n) is 10.0. The summed E-state index contributed by atoms with van der Waals surface area (Å²) in [5.41, 5.74) is 5.71. The average Bonchev–Trinajstić information content (AvgIpc) is 2.36. The van der Waals surface area contributed by atoms with E-state index in [1.807, 2.05) is 0 Å². The van der Waals surface area contributed by atoms with Gasteiger partial charge in [0.2, 0.25) is 0 Å². The monoisotopic (exact) mass is 314 g/mol. The first kappa shape index (κ1) is 13.3. The Morgan fingerprint density at radius 1 is 1.33 bits per heavy atom. The third kappa shape index (κ3) is 2.83. The lowest BCUT2D eigenvalue weighted by molar-refractivity contribution is 0.148. The fourth-order valence-electron chi connectivity index (χ4n) is 2.19. The highest BCUT2D eigenvalue weighted by Crippen LogP contribution is 2.31. The molecular formula is C13H16BrFN2O. The van der Waals surface area contributed by atoms with Crippen molar-refractivity contribution in [1.82, 2.24) is 0 Å². The molecule has 18 heavy (non-hydrogen) atoms. The van der Waals surface area contributed by atoms with Crippen LogP contribution in [0.1, 0.15) is 37.7 Å². The second-order valence-electron chi connectivity index (χ2n) is 4.53. The molecule has 3 N–H and O–H groups in total. The summed E-state index contributed by atoms with van der Waals surface area (Å²) < 4.78 is 19.9. The zero-order chi connectivity index (χ0) is 13.1. The average molecular weight is 315 g/mol. The van der Waals surface area contributed by atoms with Gasteiger partial charge >= 0.3 is 0 Å². The van der Waals surface area contributed by atoms with Crippen LogP contribution in [0.2, 0.25) is 0 Å². The topological polar surface area (TPSA) is 59.1 Å². The molecule has 0 atom stereocenters. The normalized spacial score (nSPS) is 16.6. The molecule has 0 heterocycles. The lowest BCUT2D eigenvalue weighted by atomic mass is 9.98. The number of halogens is 2. The van der Waals surface area contributed by atoms with Gasteiger partial charge in [-0.25, -0.2) is 4.39 Å². The fraction of sp³-hybridized carbons (Fsp3) is 0.462. The molecule has 0 unspecified atom stereocenters. The van der Waals surface area contributed by atoms with Crippen molar-refractivity contribution in [2.24, 2.45) is 5.73 Å². The number of amidine groups is 1. The van der Waals surface area contributed by atoms with Crippen LogP contribution in [0.15, 0.2) is 16.6 Å². The highest BCUT2D eigenvalue weighted by atomic mass is 79.9. The van der Waals surface area contributed by atoms with Gasteiger partial charge in [0.25, 0.3) is 0 Å². The Morgan fingerprint density at radius 2 is 2.00 bits per heavy atom. The molecule has 1 aromatic carbocycles. The first-order chi connectivity index (χ1) is 8.59. The van der Waals surface area contributed by atoms with Gasteiger partial charge in [0.1, 0.15) is 5.84 Å². The second-order valence-corrected chi connectivity index (χ2v) is 5.32. The van der Waals surface area contributed by atoms with E-state index >= 15 is 0 Å². The number of nitrogen functional groups attached to an aromatic ring is 1. The Kier molecular flexibility index (Phi) is 4.22. The van der Waals surface area contributed by atoms with E-state index in [-0.39, 0.29) is 22.2 Å². The molecule has 1 saturated carbocycles. The number of ether oxygens (including phenoxy) is 1. The Labute approximate surface area is 114 Å². The molecule has 0 radical (unpaired) electrons. The molecule has 1 aliphatic rings. The lowest BCUT2D eigenvalue weighted by Gasteiger charge is -2.23. The van der Waals surface area contributed by atoms with Crippen LogP contribution in [0, 0.1) is 11.2 Å². The van der Waals surface area contributed by atoms with Crippen LogP contribution in [-0.2, 0) is 0 Å². The number of benzene rings is 1. The highest BCUT2D eigenvalue weighted by Gasteiger charge is 2.19. The number of rotatable bonds is 3. The van der Waals surface area contributed by atoms with E-state index in [4.69, 9.17) is 15.9 Å². The first-order valence-corrected chi connectivity index (χ1v) is 6.88. The molecule has 98 valence electrons. The summed E-state index contributed by atoms with van der Waals surface area (Å²) in [5, 5.41) is 7.34. The largest absolute Gasteiger partial charge is 0.487 e. The summed E-state index contributed by atoms with van der Waals surface area (Å²) in [6.07, 6.45) is 5.56. The molecule has 0 spiro atoms. The molecular weight excluding hydrogens is 299 g/mol. The molecule has 0 aromatic heterocycles. The maximum absolute atomic E-state index is 14.1. The van der Waals surface area contributed by atoms with Crippen molar-refractivity contribution < 1.29 is 9.13 Å². The maximum atomic E-state index is 14.1. The molecule has 1 fully saturated rings. The predicted octanol–water partition coefficient (Wildman–Crippen LogP) is 3.58. The Hall–Kier alpha value is -1.10. The molecule has 3 nitrogen and oxygen atoms in total. The molecule has 0 aliphatic heterocycles. The predicted molar refractivity (Wildman–Crippen MR) is 72.6 cm³/mol. The van der Waals surface area contributed by atoms with E-state index in [0.29, 0.717) is 5.56 Å². The Balaban J connectivity index is 2.18. The van der Waals surface area contributed by atoms with Crippen molar-refractivity contribution in [2.75, 3.05) is 0 Å². The van der Waals surface area contributed by atoms with E-state index in [1.165, 1.54) is 6.42 Å². The molecule has 2 rings (SSSR count). The van der Waals surface area contributed by atoms with Gasteiger partial charge in [0.05, 0.1) is 10.6 Å². The van der Waals surface area contributed by atoms with Crippen molar-refractivity contribution in [1.29, 1.82) is 5.41 Å². The zero-order valence-corrected chi connectivity index (χ0v) is 11.6. The number of hydrogen-bond acceptors (Lipinski definition) is 2. The lowest BCUT2D eigenvalue weighted by Crippen LogP contribution is -2.20. The SMILES string of the molecule is N=C(N)c1ccc(OC2CCCCC2)c(F)c1Br. The summed E-state index contributed by atoms with van der Waals surface area (Å²) in [7, 11) is 0. The minimum atomic E-state index is -0.478. The fourth-order valence-corrected chi connectivity index (χ4v) is 2.73. The summed E-state index contributed by atoms with van der Waals surface area (Å²) >= 11 is 3.12. The van der Waals surface area contributed by atoms with E-state index in [1.54, 1.807) is 12.1 Å². The molecule has 0 saturated heterocycles. The third-order valence-electron chi connectivity index (χ3n) is 3.18. The van der Waals surface area contributed by atoms with Gasteiger partial charge in [-0.05, 0) is 53.7 Å². The Bertz CT molecular complexity index is 459. The van der Waals surface area contributed by atoms with E-state index < -0.39 is 5.82 Å². The summed E-state index contributed by atoms with van der Waals surface area (Å²) in [5.74, 6) is -0.406. The quantitative estimate of drug-likeness (QED) is 0.661. The molecule has 5 heteroatoms. The first-order valence-electron chi connectivity index (χ1n) is 6.08. The number of nitrogens with two attached hydrogens (primary N) is 1. The van der Waals surface area contributed by atoms with Gasteiger partial charge in [-0.3, -0.25) is 5.41 Å². The summed E-state index contributed by atoms with van der Waals surface area (Å²) in [4.78, 5) is 0. The second kappa shape index (κ2) is 5.69. The van der Waals surface area contributed by atoms with Crippen LogP contribution < -0.4 is 10.5 Å². The summed E-state index contributed by atoms with van der Waals surface area (Å²) in [6.45, 7) is 0. The highest BCUT2D eigenvalue weighted by molar-refractivity contribution is 9.10. The standard InChI is InChI=1S/C13H16BrFN2O/c14-11-9(13(16)17)6-7-10(12(11)15)18-8-4-2-1-3-5-8/h6-8H,1-5H2,(H3,16,17). The van der Waals surface area contributed by atoms with Gasteiger partial charge in [-0.2, -0.15) is 0 Å². The van der Waals surface area contributed by atoms with Gasteiger partial charge in [-0.15, -0.1) is 0 Å². The van der Waals surface area contributed by atoms with Crippen molar-refractivity contribution in [2.45, 2.75) is 38.2 Å². The van der Waals surface area contributed by atoms with Crippen LogP contribution >= 0.6 is 15.9 Å². The molecule has 1 aromatic rings. The van der Waals surface area contributed by atoms with Crippen LogP contribution in [-0.4, -0.2) is 11.9 Å².